The first-order valence-electron chi connectivity index (χ1n) is 10.1. The fraction of sp³-hybridized carbons (Fsp3) is 0.429. The number of benzene rings is 2. The van der Waals surface area contributed by atoms with Crippen molar-refractivity contribution >= 4 is 20.0 Å². The second-order valence-corrected chi connectivity index (χ2v) is 10.9. The number of hydrogen-bond acceptors (Lipinski definition) is 6. The Morgan fingerprint density at radius 2 is 1.45 bits per heavy atom. The van der Waals surface area contributed by atoms with E-state index in [2.05, 4.69) is 9.44 Å². The van der Waals surface area contributed by atoms with Crippen LogP contribution in [0.15, 0.2) is 52.3 Å². The van der Waals surface area contributed by atoms with Crippen LogP contribution in [0.4, 0.5) is 0 Å². The topological polar surface area (TPSA) is 111 Å². The maximum atomic E-state index is 12.5. The molecule has 1 aliphatic carbocycles. The number of rotatable bonds is 10. The van der Waals surface area contributed by atoms with Gasteiger partial charge in [-0.3, -0.25) is 0 Å². The standard InChI is InChI=1S/C21H28N2O6S2/c1-28-20-12-11-19(15-21(20)29-2)30(24,25)22-14-13-16-7-9-18(10-8-16)31(26,27)23-17-5-3-4-6-17/h7-12,15,17,22-23H,3-6,13-14H2,1-2H3. The normalized spacial score (nSPS) is 15.2. The zero-order valence-corrected chi connectivity index (χ0v) is 19.3. The number of sulfonamides is 2. The number of hydrogen-bond donors (Lipinski definition) is 2. The van der Waals surface area contributed by atoms with Gasteiger partial charge in [-0.1, -0.05) is 25.0 Å². The van der Waals surface area contributed by atoms with E-state index in [0.717, 1.165) is 31.2 Å². The molecule has 0 bridgehead atoms. The molecule has 0 unspecified atom stereocenters. The van der Waals surface area contributed by atoms with Crippen molar-refractivity contribution in [2.75, 3.05) is 20.8 Å². The first kappa shape index (κ1) is 23.5. The largest absolute Gasteiger partial charge is 0.493 e. The lowest BCUT2D eigenvalue weighted by Crippen LogP contribution is -2.32. The molecule has 1 saturated carbocycles. The Morgan fingerprint density at radius 3 is 2.06 bits per heavy atom. The van der Waals surface area contributed by atoms with Crippen LogP contribution in [0, 0.1) is 0 Å². The highest BCUT2D eigenvalue weighted by molar-refractivity contribution is 7.89. The fourth-order valence-corrected chi connectivity index (χ4v) is 5.92. The van der Waals surface area contributed by atoms with Gasteiger partial charge in [0.05, 0.1) is 24.0 Å². The van der Waals surface area contributed by atoms with Gasteiger partial charge in [0.1, 0.15) is 0 Å². The van der Waals surface area contributed by atoms with Gasteiger partial charge in [-0.15, -0.1) is 0 Å². The Balaban J connectivity index is 1.59. The fourth-order valence-electron chi connectivity index (χ4n) is 3.56. The Bertz CT molecular complexity index is 1090. The zero-order valence-electron chi connectivity index (χ0n) is 17.6. The minimum Gasteiger partial charge on any atom is -0.493 e. The molecule has 0 heterocycles. The lowest BCUT2D eigenvalue weighted by molar-refractivity contribution is 0.354. The van der Waals surface area contributed by atoms with E-state index in [1.807, 2.05) is 0 Å². The molecular weight excluding hydrogens is 440 g/mol. The maximum Gasteiger partial charge on any atom is 0.240 e. The number of nitrogens with one attached hydrogen (secondary N) is 2. The molecule has 2 N–H and O–H groups in total. The average Bonchev–Trinajstić information content (AvgIpc) is 3.25. The average molecular weight is 469 g/mol. The molecule has 2 aromatic rings. The van der Waals surface area contributed by atoms with E-state index >= 15 is 0 Å². The molecule has 0 spiro atoms. The minimum absolute atomic E-state index is 0.00987. The molecule has 2 aromatic carbocycles. The van der Waals surface area contributed by atoms with E-state index in [1.54, 1.807) is 24.3 Å². The van der Waals surface area contributed by atoms with Gasteiger partial charge in [-0.25, -0.2) is 26.3 Å². The summed E-state index contributed by atoms with van der Waals surface area (Å²) in [5.41, 5.74) is 0.829. The lowest BCUT2D eigenvalue weighted by Gasteiger charge is -2.13. The van der Waals surface area contributed by atoms with Gasteiger partial charge in [-0.2, -0.15) is 0 Å². The Labute approximate surface area is 184 Å². The molecule has 1 aliphatic rings. The van der Waals surface area contributed by atoms with Crippen LogP contribution in [0.1, 0.15) is 31.2 Å². The highest BCUT2D eigenvalue weighted by Gasteiger charge is 2.23. The monoisotopic (exact) mass is 468 g/mol. The van der Waals surface area contributed by atoms with Crippen molar-refractivity contribution < 1.29 is 26.3 Å². The molecular formula is C21H28N2O6S2. The van der Waals surface area contributed by atoms with Crippen LogP contribution in [-0.4, -0.2) is 43.6 Å². The molecule has 0 amide bonds. The zero-order chi connectivity index (χ0) is 22.5. The van der Waals surface area contributed by atoms with Crippen LogP contribution in [-0.2, 0) is 26.5 Å². The molecule has 31 heavy (non-hydrogen) atoms. The molecule has 0 aromatic heterocycles. The summed E-state index contributed by atoms with van der Waals surface area (Å²) < 4.78 is 65.6. The molecule has 0 saturated heterocycles. The Hall–Kier alpha value is -2.14. The molecule has 0 radical (unpaired) electrons. The summed E-state index contributed by atoms with van der Waals surface area (Å²) >= 11 is 0. The van der Waals surface area contributed by atoms with Crippen molar-refractivity contribution in [3.8, 4) is 11.5 Å². The van der Waals surface area contributed by atoms with Gasteiger partial charge in [0.25, 0.3) is 0 Å². The summed E-state index contributed by atoms with van der Waals surface area (Å²) in [5.74, 6) is 0.771. The molecule has 170 valence electrons. The van der Waals surface area contributed by atoms with Crippen molar-refractivity contribution in [3.63, 3.8) is 0 Å². The predicted molar refractivity (Wildman–Crippen MR) is 117 cm³/mol. The quantitative estimate of drug-likeness (QED) is 0.554. The van der Waals surface area contributed by atoms with Crippen LogP contribution in [0.3, 0.4) is 0 Å². The summed E-state index contributed by atoms with van der Waals surface area (Å²) in [6.45, 7) is 0.170. The van der Waals surface area contributed by atoms with Gasteiger partial charge in [0.15, 0.2) is 11.5 Å². The van der Waals surface area contributed by atoms with Gasteiger partial charge in [-0.05, 0) is 49.1 Å². The SMILES string of the molecule is COc1ccc(S(=O)(=O)NCCc2ccc(S(=O)(=O)NC3CCCC3)cc2)cc1OC. The lowest BCUT2D eigenvalue weighted by atomic mass is 10.2. The van der Waals surface area contributed by atoms with Crippen molar-refractivity contribution in [1.29, 1.82) is 0 Å². The van der Waals surface area contributed by atoms with Crippen LogP contribution < -0.4 is 18.9 Å². The highest BCUT2D eigenvalue weighted by Crippen LogP contribution is 2.29. The predicted octanol–water partition coefficient (Wildman–Crippen LogP) is 2.45. The number of ether oxygens (including phenoxy) is 2. The van der Waals surface area contributed by atoms with Gasteiger partial charge >= 0.3 is 0 Å². The highest BCUT2D eigenvalue weighted by atomic mass is 32.2. The molecule has 1 fully saturated rings. The maximum absolute atomic E-state index is 12.5. The third-order valence-electron chi connectivity index (χ3n) is 5.28. The van der Waals surface area contributed by atoms with Crippen molar-refractivity contribution in [2.24, 2.45) is 0 Å². The molecule has 8 nitrogen and oxygen atoms in total. The van der Waals surface area contributed by atoms with Crippen molar-refractivity contribution in [3.05, 3.63) is 48.0 Å². The second kappa shape index (κ2) is 9.99. The second-order valence-electron chi connectivity index (χ2n) is 7.41. The van der Waals surface area contributed by atoms with E-state index in [1.165, 1.54) is 32.4 Å². The van der Waals surface area contributed by atoms with E-state index in [9.17, 15) is 16.8 Å². The van der Waals surface area contributed by atoms with Gasteiger partial charge in [0.2, 0.25) is 20.0 Å². The summed E-state index contributed by atoms with van der Waals surface area (Å²) in [7, 11) is -4.34. The summed E-state index contributed by atoms with van der Waals surface area (Å²) in [5, 5.41) is 0. The van der Waals surface area contributed by atoms with Crippen molar-refractivity contribution in [2.45, 2.75) is 47.9 Å². The smallest absolute Gasteiger partial charge is 0.240 e. The van der Waals surface area contributed by atoms with Crippen LogP contribution >= 0.6 is 0 Å². The molecule has 0 atom stereocenters. The van der Waals surface area contributed by atoms with Gasteiger partial charge < -0.3 is 9.47 Å². The summed E-state index contributed by atoms with van der Waals surface area (Å²) in [6, 6.07) is 10.9. The number of methoxy groups -OCH3 is 2. The minimum atomic E-state index is -3.72. The van der Waals surface area contributed by atoms with Gasteiger partial charge in [0, 0.05) is 18.7 Å². The molecule has 10 heteroatoms. The Morgan fingerprint density at radius 1 is 0.839 bits per heavy atom. The van der Waals surface area contributed by atoms with E-state index in [0.29, 0.717) is 17.9 Å². The molecule has 0 aliphatic heterocycles. The first-order valence-corrected chi connectivity index (χ1v) is 13.0. The van der Waals surface area contributed by atoms with Crippen LogP contribution in [0.2, 0.25) is 0 Å². The van der Waals surface area contributed by atoms with E-state index in [-0.39, 0.29) is 22.4 Å². The van der Waals surface area contributed by atoms with Crippen LogP contribution in [0.25, 0.3) is 0 Å². The summed E-state index contributed by atoms with van der Waals surface area (Å²) in [4.78, 5) is 0.290. The summed E-state index contributed by atoms with van der Waals surface area (Å²) in [6.07, 6.45) is 4.26. The van der Waals surface area contributed by atoms with Crippen molar-refractivity contribution in [1.82, 2.24) is 9.44 Å². The van der Waals surface area contributed by atoms with E-state index in [4.69, 9.17) is 9.47 Å². The Kier molecular flexibility index (Phi) is 7.58. The third-order valence-corrected chi connectivity index (χ3v) is 8.28. The third kappa shape index (κ3) is 5.97. The van der Waals surface area contributed by atoms with Crippen LogP contribution in [0.5, 0.6) is 11.5 Å². The van der Waals surface area contributed by atoms with E-state index < -0.39 is 20.0 Å². The molecule has 3 rings (SSSR count). The first-order chi connectivity index (χ1) is 14.7.